The number of carbonyl (C=O) groups excluding carboxylic acids is 1. The molecule has 1 aliphatic carbocycles. The van der Waals surface area contributed by atoms with Gasteiger partial charge in [0.05, 0.1) is 6.61 Å². The number of aliphatic hydroxyl groups excluding tert-OH is 1. The van der Waals surface area contributed by atoms with E-state index >= 15 is 0 Å². The van der Waals surface area contributed by atoms with Crippen LogP contribution in [0.4, 0.5) is 4.79 Å². The van der Waals surface area contributed by atoms with E-state index in [1.807, 2.05) is 13.0 Å². The summed E-state index contributed by atoms with van der Waals surface area (Å²) in [7, 11) is 0. The fraction of sp³-hybridized carbons (Fsp3) is 0.632. The van der Waals surface area contributed by atoms with Crippen LogP contribution >= 0.6 is 12.4 Å². The van der Waals surface area contributed by atoms with Crippen LogP contribution in [0.25, 0.3) is 0 Å². The molecule has 6 nitrogen and oxygen atoms in total. The minimum absolute atomic E-state index is 0. The van der Waals surface area contributed by atoms with E-state index in [0.29, 0.717) is 26.2 Å². The summed E-state index contributed by atoms with van der Waals surface area (Å²) in [4.78, 5) is 15.6. The van der Waals surface area contributed by atoms with Gasteiger partial charge >= 0.3 is 6.09 Å². The maximum Gasteiger partial charge on any atom is 0.409 e. The third-order valence-corrected chi connectivity index (χ3v) is 4.88. The van der Waals surface area contributed by atoms with Gasteiger partial charge in [-0.1, -0.05) is 6.07 Å². The number of amides is 1. The molecular formula is C19H29ClN2O4. The van der Waals surface area contributed by atoms with Gasteiger partial charge in [-0.05, 0) is 49.4 Å². The normalized spacial score (nSPS) is 18.0. The zero-order chi connectivity index (χ0) is 17.6. The Kier molecular flexibility index (Phi) is 8.00. The smallest absolute Gasteiger partial charge is 0.409 e. The maximum atomic E-state index is 11.7. The van der Waals surface area contributed by atoms with Crippen molar-refractivity contribution in [3.05, 3.63) is 29.3 Å². The summed E-state index contributed by atoms with van der Waals surface area (Å²) in [6.07, 6.45) is 2.72. The molecule has 1 fully saturated rings. The van der Waals surface area contributed by atoms with Crippen molar-refractivity contribution in [1.29, 1.82) is 0 Å². The highest BCUT2D eigenvalue weighted by Crippen LogP contribution is 2.26. The van der Waals surface area contributed by atoms with Crippen molar-refractivity contribution >= 4 is 18.5 Å². The van der Waals surface area contributed by atoms with E-state index in [1.54, 1.807) is 4.90 Å². The van der Waals surface area contributed by atoms with Gasteiger partial charge in [-0.3, -0.25) is 4.90 Å². The number of fused-ring (bicyclic) bond motifs is 1. The van der Waals surface area contributed by atoms with Crippen molar-refractivity contribution in [3.63, 3.8) is 0 Å². The van der Waals surface area contributed by atoms with Crippen LogP contribution in [0.2, 0.25) is 0 Å². The summed E-state index contributed by atoms with van der Waals surface area (Å²) in [5, 5.41) is 10.2. The number of ether oxygens (including phenoxy) is 2. The average Bonchev–Trinajstić information content (AvgIpc) is 3.08. The van der Waals surface area contributed by atoms with Crippen molar-refractivity contribution in [1.82, 2.24) is 9.80 Å². The fourth-order valence-corrected chi connectivity index (χ4v) is 3.51. The Labute approximate surface area is 161 Å². The topological polar surface area (TPSA) is 62.2 Å². The number of halogens is 1. The molecule has 1 aromatic carbocycles. The molecule has 26 heavy (non-hydrogen) atoms. The van der Waals surface area contributed by atoms with Crippen LogP contribution in [0.15, 0.2) is 18.2 Å². The maximum absolute atomic E-state index is 11.7. The van der Waals surface area contributed by atoms with Gasteiger partial charge in [0.2, 0.25) is 0 Å². The van der Waals surface area contributed by atoms with E-state index in [2.05, 4.69) is 17.0 Å². The van der Waals surface area contributed by atoms with Crippen molar-refractivity contribution < 1.29 is 19.4 Å². The number of carbonyl (C=O) groups is 1. The quantitative estimate of drug-likeness (QED) is 0.813. The van der Waals surface area contributed by atoms with Crippen LogP contribution in [0.3, 0.4) is 0 Å². The standard InChI is InChI=1S/C19H28N2O4.ClH/c1-2-24-19(23)21-10-8-20(9-11-21)13-17(22)14-25-18-7-6-15-4-3-5-16(15)12-18;/h6-7,12,17,22H,2-5,8-11,13-14H2,1H3;1H. The minimum atomic E-state index is -0.539. The summed E-state index contributed by atoms with van der Waals surface area (Å²) in [5.74, 6) is 0.840. The Balaban J connectivity index is 0.00000243. The number of benzene rings is 1. The van der Waals surface area contributed by atoms with Crippen molar-refractivity contribution in [3.8, 4) is 5.75 Å². The molecule has 2 aliphatic rings. The van der Waals surface area contributed by atoms with E-state index in [4.69, 9.17) is 9.47 Å². The molecule has 3 rings (SSSR count). The lowest BCUT2D eigenvalue weighted by Gasteiger charge is -2.34. The van der Waals surface area contributed by atoms with Crippen LogP contribution in [-0.4, -0.2) is 73.0 Å². The Bertz CT molecular complexity index is 591. The zero-order valence-corrected chi connectivity index (χ0v) is 16.2. The highest BCUT2D eigenvalue weighted by atomic mass is 35.5. The van der Waals surface area contributed by atoms with Gasteiger partial charge in [-0.15, -0.1) is 12.4 Å². The molecule has 1 aromatic rings. The summed E-state index contributed by atoms with van der Waals surface area (Å²) in [5.41, 5.74) is 2.80. The first-order valence-electron chi connectivity index (χ1n) is 9.22. The third-order valence-electron chi connectivity index (χ3n) is 4.88. The molecule has 7 heteroatoms. The third kappa shape index (κ3) is 5.50. The molecule has 1 saturated heterocycles. The first-order chi connectivity index (χ1) is 12.2. The first kappa shape index (κ1) is 20.8. The van der Waals surface area contributed by atoms with Crippen molar-refractivity contribution in [2.24, 2.45) is 0 Å². The SMILES string of the molecule is CCOC(=O)N1CCN(CC(O)COc2ccc3c(c2)CCC3)CC1.Cl. The van der Waals surface area contributed by atoms with E-state index in [9.17, 15) is 9.90 Å². The summed E-state index contributed by atoms with van der Waals surface area (Å²) in [6, 6.07) is 6.24. The Morgan fingerprint density at radius 2 is 1.92 bits per heavy atom. The predicted molar refractivity (Wildman–Crippen MR) is 102 cm³/mol. The lowest BCUT2D eigenvalue weighted by atomic mass is 10.1. The van der Waals surface area contributed by atoms with Crippen LogP contribution in [0, 0.1) is 0 Å². The molecule has 0 bridgehead atoms. The minimum Gasteiger partial charge on any atom is -0.491 e. The van der Waals surface area contributed by atoms with Gasteiger partial charge in [0.25, 0.3) is 0 Å². The Hall–Kier alpha value is -1.50. The molecule has 146 valence electrons. The number of rotatable bonds is 6. The van der Waals surface area contributed by atoms with E-state index in [0.717, 1.165) is 31.7 Å². The molecule has 1 N–H and O–H groups in total. The van der Waals surface area contributed by atoms with E-state index < -0.39 is 6.10 Å². The molecule has 0 radical (unpaired) electrons. The zero-order valence-electron chi connectivity index (χ0n) is 15.4. The molecule has 1 aliphatic heterocycles. The molecule has 1 unspecified atom stereocenters. The lowest BCUT2D eigenvalue weighted by molar-refractivity contribution is 0.0407. The lowest BCUT2D eigenvalue weighted by Crippen LogP contribution is -2.51. The molecule has 0 aromatic heterocycles. The van der Waals surface area contributed by atoms with Gasteiger partial charge in [-0.2, -0.15) is 0 Å². The Morgan fingerprint density at radius 3 is 2.65 bits per heavy atom. The fourth-order valence-electron chi connectivity index (χ4n) is 3.51. The van der Waals surface area contributed by atoms with Gasteiger partial charge in [0.1, 0.15) is 18.5 Å². The van der Waals surface area contributed by atoms with Crippen LogP contribution < -0.4 is 4.74 Å². The summed E-state index contributed by atoms with van der Waals surface area (Å²) < 4.78 is 10.8. The number of piperazine rings is 1. The molecule has 1 heterocycles. The highest BCUT2D eigenvalue weighted by molar-refractivity contribution is 5.85. The van der Waals surface area contributed by atoms with Gasteiger partial charge in [-0.25, -0.2) is 4.79 Å². The summed E-state index contributed by atoms with van der Waals surface area (Å²) >= 11 is 0. The highest BCUT2D eigenvalue weighted by Gasteiger charge is 2.23. The Morgan fingerprint density at radius 1 is 1.19 bits per heavy atom. The van der Waals surface area contributed by atoms with E-state index in [-0.39, 0.29) is 25.1 Å². The van der Waals surface area contributed by atoms with Gasteiger partial charge < -0.3 is 19.5 Å². The number of aryl methyl sites for hydroxylation is 2. The van der Waals surface area contributed by atoms with Crippen molar-refractivity contribution in [2.75, 3.05) is 45.9 Å². The monoisotopic (exact) mass is 384 g/mol. The predicted octanol–water partition coefficient (Wildman–Crippen LogP) is 2.11. The largest absolute Gasteiger partial charge is 0.491 e. The van der Waals surface area contributed by atoms with Crippen LogP contribution in [-0.2, 0) is 17.6 Å². The van der Waals surface area contributed by atoms with Gasteiger partial charge in [0, 0.05) is 32.7 Å². The molecule has 0 saturated carbocycles. The average molecular weight is 385 g/mol. The number of nitrogens with zero attached hydrogens (tertiary/aromatic N) is 2. The van der Waals surface area contributed by atoms with Gasteiger partial charge in [0.15, 0.2) is 0 Å². The van der Waals surface area contributed by atoms with E-state index in [1.165, 1.54) is 17.5 Å². The second kappa shape index (κ2) is 10.00. The second-order valence-corrected chi connectivity index (χ2v) is 6.74. The number of aliphatic hydroxyl groups is 1. The molecule has 1 amide bonds. The second-order valence-electron chi connectivity index (χ2n) is 6.74. The molecular weight excluding hydrogens is 356 g/mol. The first-order valence-corrected chi connectivity index (χ1v) is 9.22. The molecule has 0 spiro atoms. The number of hydrogen-bond acceptors (Lipinski definition) is 5. The van der Waals surface area contributed by atoms with Crippen LogP contribution in [0.5, 0.6) is 5.75 Å². The summed E-state index contributed by atoms with van der Waals surface area (Å²) in [6.45, 7) is 5.82. The number of β-amino-alcohol motifs (C(OH)–C–C–N with tert-alkyl or cyclic N) is 1. The van der Waals surface area contributed by atoms with Crippen LogP contribution in [0.1, 0.15) is 24.5 Å². The number of hydrogen-bond donors (Lipinski definition) is 1. The van der Waals surface area contributed by atoms with Crippen molar-refractivity contribution in [2.45, 2.75) is 32.3 Å². The molecule has 1 atom stereocenters.